The van der Waals surface area contributed by atoms with Gasteiger partial charge in [0.1, 0.15) is 0 Å². The van der Waals surface area contributed by atoms with E-state index in [-0.39, 0.29) is 5.57 Å². The third-order valence-electron chi connectivity index (χ3n) is 1.27. The molecule has 0 aromatic heterocycles. The highest BCUT2D eigenvalue weighted by Gasteiger charge is 2.38. The lowest BCUT2D eigenvalue weighted by molar-refractivity contribution is -0.124. The van der Waals surface area contributed by atoms with E-state index < -0.39 is 17.8 Å². The topological polar surface area (TPSA) is 31.2 Å². The number of amides is 1. The lowest BCUT2D eigenvalue weighted by Gasteiger charge is -2.13. The van der Waals surface area contributed by atoms with Crippen molar-refractivity contribution in [3.63, 3.8) is 0 Å². The summed E-state index contributed by atoms with van der Waals surface area (Å²) in [6.45, 7) is 1.23. The van der Waals surface area contributed by atoms with Gasteiger partial charge in [-0.1, -0.05) is 0 Å². The van der Waals surface area contributed by atoms with Crippen LogP contribution < -0.4 is 5.32 Å². The average molecular weight is 175 g/mol. The fourth-order valence-corrected chi connectivity index (χ4v) is 0.747. The van der Waals surface area contributed by atoms with Gasteiger partial charge >= 0.3 is 6.18 Å². The zero-order valence-corrected chi connectivity index (χ0v) is 6.07. The van der Waals surface area contributed by atoms with Gasteiger partial charge in [-0.25, -0.2) is 5.32 Å². The van der Waals surface area contributed by atoms with Gasteiger partial charge in [0, 0.05) is 0 Å². The van der Waals surface area contributed by atoms with Crippen LogP contribution >= 0.6 is 0 Å². The Morgan fingerprint density at radius 3 is 2.50 bits per heavy atom. The minimum Gasteiger partial charge on any atom is -0.267 e. The summed E-state index contributed by atoms with van der Waals surface area (Å²) >= 11 is 0. The number of hydrogen-bond donors (Lipinski definition) is 0. The van der Waals surface area contributed by atoms with Gasteiger partial charge < -0.3 is 0 Å². The van der Waals surface area contributed by atoms with Crippen LogP contribution in [0.15, 0.2) is 17.3 Å². The van der Waals surface area contributed by atoms with E-state index in [0.717, 1.165) is 6.08 Å². The van der Waals surface area contributed by atoms with Crippen LogP contribution in [0.25, 0.3) is 0 Å². The molecule has 12 heavy (non-hydrogen) atoms. The van der Waals surface area contributed by atoms with E-state index in [4.69, 9.17) is 0 Å². The van der Waals surface area contributed by atoms with Crippen LogP contribution in [0, 0.1) is 6.08 Å². The predicted molar refractivity (Wildman–Crippen MR) is 33.7 cm³/mol. The maximum absolute atomic E-state index is 12.0. The van der Waals surface area contributed by atoms with Crippen LogP contribution in [-0.4, -0.2) is 12.1 Å². The summed E-state index contributed by atoms with van der Waals surface area (Å²) in [4.78, 5) is 10.4. The predicted octanol–water partition coefficient (Wildman–Crippen LogP) is 1.33. The summed E-state index contributed by atoms with van der Waals surface area (Å²) in [5.41, 5.74) is -1.23. The molecule has 0 fully saturated rings. The minimum atomic E-state index is -4.56. The maximum Gasteiger partial charge on any atom is 0.433 e. The standard InChI is InChI=1S/C7H4F3NO/c1-4-2-3-5(12)11-6(4)7(8,9)10/h2H,1H3. The van der Waals surface area contributed by atoms with Gasteiger partial charge in [0.15, 0.2) is 5.70 Å². The van der Waals surface area contributed by atoms with Crippen molar-refractivity contribution >= 4 is 5.91 Å². The second-order valence-corrected chi connectivity index (χ2v) is 2.24. The fraction of sp³-hybridized carbons (Fsp3) is 0.286. The molecule has 0 atom stereocenters. The van der Waals surface area contributed by atoms with Gasteiger partial charge in [-0.05, 0) is 18.6 Å². The molecule has 64 valence electrons. The number of hydrogen-bond acceptors (Lipinski definition) is 1. The molecular formula is C7H4F3NO. The first-order chi connectivity index (χ1) is 5.41. The molecule has 2 radical (unpaired) electrons. The summed E-state index contributed by atoms with van der Waals surface area (Å²) in [6, 6.07) is 0. The molecule has 0 unspecified atom stereocenters. The van der Waals surface area contributed by atoms with E-state index in [9.17, 15) is 18.0 Å². The SMILES string of the molecule is CC1=C(C(F)(F)F)[N]C(=O)[C]=C1. The molecule has 0 aliphatic carbocycles. The van der Waals surface area contributed by atoms with Gasteiger partial charge in [0.25, 0.3) is 5.91 Å². The minimum absolute atomic E-state index is 0.0953. The summed E-state index contributed by atoms with van der Waals surface area (Å²) in [5.74, 6) is -0.993. The molecule has 1 aliphatic rings. The van der Waals surface area contributed by atoms with Gasteiger partial charge in [-0.3, -0.25) is 4.79 Å². The number of alkyl halides is 3. The van der Waals surface area contributed by atoms with Crippen molar-refractivity contribution in [1.29, 1.82) is 0 Å². The van der Waals surface area contributed by atoms with E-state index >= 15 is 0 Å². The van der Waals surface area contributed by atoms with E-state index in [2.05, 4.69) is 5.32 Å². The number of carbonyl (C=O) groups excluding carboxylic acids is 1. The molecule has 1 amide bonds. The van der Waals surface area contributed by atoms with Crippen molar-refractivity contribution in [2.24, 2.45) is 0 Å². The Kier molecular flexibility index (Phi) is 1.95. The van der Waals surface area contributed by atoms with Crippen LogP contribution in [0.5, 0.6) is 0 Å². The second-order valence-electron chi connectivity index (χ2n) is 2.24. The Labute approximate surface area is 66.8 Å². The van der Waals surface area contributed by atoms with Crippen LogP contribution in [0.3, 0.4) is 0 Å². The van der Waals surface area contributed by atoms with E-state index in [1.807, 2.05) is 6.08 Å². The van der Waals surface area contributed by atoms with Crippen molar-refractivity contribution in [3.05, 3.63) is 23.4 Å². The highest BCUT2D eigenvalue weighted by Crippen LogP contribution is 2.28. The first-order valence-corrected chi connectivity index (χ1v) is 3.05. The molecule has 2 nitrogen and oxygen atoms in total. The molecule has 0 spiro atoms. The lowest BCUT2D eigenvalue weighted by Crippen LogP contribution is -2.28. The molecule has 5 heteroatoms. The summed E-state index contributed by atoms with van der Waals surface area (Å²) in [7, 11) is 0. The Balaban J connectivity index is 3.02. The molecule has 0 aromatic rings. The Bertz CT molecular complexity index is 275. The normalized spacial score (nSPS) is 18.2. The van der Waals surface area contributed by atoms with Crippen LogP contribution in [0.1, 0.15) is 6.92 Å². The number of halogens is 3. The zero-order chi connectivity index (χ0) is 9.35. The lowest BCUT2D eigenvalue weighted by atomic mass is 10.1. The zero-order valence-electron chi connectivity index (χ0n) is 6.07. The highest BCUT2D eigenvalue weighted by atomic mass is 19.4. The van der Waals surface area contributed by atoms with Gasteiger partial charge in [0.2, 0.25) is 0 Å². The van der Waals surface area contributed by atoms with Gasteiger partial charge in [-0.2, -0.15) is 13.2 Å². The molecule has 0 saturated heterocycles. The molecule has 0 N–H and O–H groups in total. The van der Waals surface area contributed by atoms with Gasteiger partial charge in [-0.15, -0.1) is 0 Å². The van der Waals surface area contributed by atoms with E-state index in [1.54, 1.807) is 0 Å². The third kappa shape index (κ3) is 1.66. The van der Waals surface area contributed by atoms with Crippen LogP contribution in [0.4, 0.5) is 13.2 Å². The average Bonchev–Trinajstić information content (AvgIpc) is 1.92. The molecule has 1 rings (SSSR count). The maximum atomic E-state index is 12.0. The molecule has 0 aromatic carbocycles. The molecule has 0 bridgehead atoms. The number of allylic oxidation sites excluding steroid dienone is 3. The smallest absolute Gasteiger partial charge is 0.267 e. The first-order valence-electron chi connectivity index (χ1n) is 3.05. The van der Waals surface area contributed by atoms with Crippen molar-refractivity contribution < 1.29 is 18.0 Å². The van der Waals surface area contributed by atoms with Crippen LogP contribution in [-0.2, 0) is 4.79 Å². The summed E-state index contributed by atoms with van der Waals surface area (Å²) in [6.07, 6.45) is -1.53. The Morgan fingerprint density at radius 1 is 1.50 bits per heavy atom. The molecule has 1 aliphatic heterocycles. The summed E-state index contributed by atoms with van der Waals surface area (Å²) in [5, 5.41) is 2.81. The second kappa shape index (κ2) is 2.66. The molecular weight excluding hydrogens is 171 g/mol. The van der Waals surface area contributed by atoms with E-state index in [0.29, 0.717) is 0 Å². The number of carbonyl (C=O) groups is 1. The summed E-state index contributed by atoms with van der Waals surface area (Å²) < 4.78 is 36.0. The van der Waals surface area contributed by atoms with Crippen molar-refractivity contribution in [2.45, 2.75) is 13.1 Å². The van der Waals surface area contributed by atoms with Crippen molar-refractivity contribution in [3.8, 4) is 0 Å². The van der Waals surface area contributed by atoms with E-state index in [1.165, 1.54) is 6.92 Å². The fourth-order valence-electron chi connectivity index (χ4n) is 0.747. The highest BCUT2D eigenvalue weighted by molar-refractivity contribution is 5.87. The Hall–Kier alpha value is -1.26. The van der Waals surface area contributed by atoms with Crippen molar-refractivity contribution in [1.82, 2.24) is 5.32 Å². The number of rotatable bonds is 0. The van der Waals surface area contributed by atoms with Gasteiger partial charge in [0.05, 0.1) is 6.08 Å². The van der Waals surface area contributed by atoms with Crippen LogP contribution in [0.2, 0.25) is 0 Å². The molecule has 1 heterocycles. The quantitative estimate of drug-likeness (QED) is 0.546. The first kappa shape index (κ1) is 8.83. The Morgan fingerprint density at radius 2 is 2.08 bits per heavy atom. The largest absolute Gasteiger partial charge is 0.433 e. The monoisotopic (exact) mass is 175 g/mol. The third-order valence-corrected chi connectivity index (χ3v) is 1.27. The van der Waals surface area contributed by atoms with Crippen molar-refractivity contribution in [2.75, 3.05) is 0 Å². The number of nitrogens with zero attached hydrogens (tertiary/aromatic N) is 1. The molecule has 0 saturated carbocycles.